The molecule has 2 aromatic heterocycles. The molecule has 2 aromatic rings. The van der Waals surface area contributed by atoms with Crippen molar-refractivity contribution in [1.29, 1.82) is 0 Å². The van der Waals surface area contributed by atoms with Gasteiger partial charge in [0.2, 0.25) is 0 Å². The topological polar surface area (TPSA) is 80.4 Å². The first-order valence-corrected chi connectivity index (χ1v) is 6.23. The van der Waals surface area contributed by atoms with Crippen LogP contribution in [-0.2, 0) is 6.61 Å². The van der Waals surface area contributed by atoms with Gasteiger partial charge in [-0.25, -0.2) is 0 Å². The molecule has 0 amide bonds. The van der Waals surface area contributed by atoms with Crippen LogP contribution in [-0.4, -0.2) is 34.4 Å². The quantitative estimate of drug-likeness (QED) is 0.834. The number of ether oxygens (including phenoxy) is 1. The maximum atomic E-state index is 8.95. The number of rotatable bonds is 5. The smallest absolute Gasteiger partial charge is 0.162 e. The van der Waals surface area contributed by atoms with Crippen molar-refractivity contribution in [3.63, 3.8) is 0 Å². The van der Waals surface area contributed by atoms with Crippen LogP contribution in [0.5, 0.6) is 5.75 Å². The minimum atomic E-state index is -0.163. The molecule has 6 heteroatoms. The van der Waals surface area contributed by atoms with Gasteiger partial charge in [0.1, 0.15) is 24.7 Å². The minimum Gasteiger partial charge on any atom is -0.490 e. The lowest BCUT2D eigenvalue weighted by Gasteiger charge is -2.27. The predicted molar refractivity (Wildman–Crippen MR) is 67.6 cm³/mol. The van der Waals surface area contributed by atoms with Crippen LogP contribution < -0.4 is 10.1 Å². The van der Waals surface area contributed by atoms with E-state index in [2.05, 4.69) is 15.5 Å². The van der Waals surface area contributed by atoms with Gasteiger partial charge in [-0.15, -0.1) is 0 Å². The van der Waals surface area contributed by atoms with Crippen LogP contribution in [0.4, 0.5) is 0 Å². The summed E-state index contributed by atoms with van der Waals surface area (Å²) < 4.78 is 10.6. The molecule has 19 heavy (non-hydrogen) atoms. The van der Waals surface area contributed by atoms with Gasteiger partial charge in [0.05, 0.1) is 6.20 Å². The highest BCUT2D eigenvalue weighted by atomic mass is 16.5. The third kappa shape index (κ3) is 2.74. The van der Waals surface area contributed by atoms with Gasteiger partial charge in [-0.2, -0.15) is 0 Å². The van der Waals surface area contributed by atoms with Crippen LogP contribution in [0.15, 0.2) is 29.0 Å². The maximum Gasteiger partial charge on any atom is 0.162 e. The molecule has 3 rings (SSSR count). The van der Waals surface area contributed by atoms with Gasteiger partial charge in [-0.3, -0.25) is 4.98 Å². The van der Waals surface area contributed by atoms with E-state index >= 15 is 0 Å². The summed E-state index contributed by atoms with van der Waals surface area (Å²) in [6, 6.07) is 4.00. The molecular weight excluding hydrogens is 246 g/mol. The van der Waals surface area contributed by atoms with Gasteiger partial charge in [0.15, 0.2) is 5.76 Å². The van der Waals surface area contributed by atoms with Crippen LogP contribution in [0.25, 0.3) is 11.3 Å². The molecule has 6 nitrogen and oxygen atoms in total. The van der Waals surface area contributed by atoms with Gasteiger partial charge in [0.25, 0.3) is 0 Å². The molecule has 1 atom stereocenters. The zero-order valence-electron chi connectivity index (χ0n) is 10.4. The Kier molecular flexibility index (Phi) is 3.43. The first-order chi connectivity index (χ1) is 9.35. The first-order valence-electron chi connectivity index (χ1n) is 6.23. The number of aliphatic hydroxyl groups is 1. The molecule has 0 aromatic carbocycles. The molecule has 0 aliphatic carbocycles. The summed E-state index contributed by atoms with van der Waals surface area (Å²) in [6.07, 6.45) is 4.51. The Bertz CT molecular complexity index is 552. The predicted octanol–water partition coefficient (Wildman–Crippen LogP) is 0.970. The lowest BCUT2D eigenvalue weighted by Crippen LogP contribution is -2.46. The Morgan fingerprint density at radius 3 is 3.00 bits per heavy atom. The largest absolute Gasteiger partial charge is 0.490 e. The number of hydrogen-bond acceptors (Lipinski definition) is 6. The third-order valence-corrected chi connectivity index (χ3v) is 3.10. The summed E-state index contributed by atoms with van der Waals surface area (Å²) in [5, 5.41) is 16.1. The van der Waals surface area contributed by atoms with E-state index in [0.717, 1.165) is 18.5 Å². The molecular formula is C13H15N3O3. The van der Waals surface area contributed by atoms with Crippen molar-refractivity contribution in [2.75, 3.05) is 13.2 Å². The number of aromatic nitrogens is 2. The van der Waals surface area contributed by atoms with Crippen LogP contribution in [0.3, 0.4) is 0 Å². The Hall–Kier alpha value is -1.92. The summed E-state index contributed by atoms with van der Waals surface area (Å²) in [5.74, 6) is 1.14. The van der Waals surface area contributed by atoms with Gasteiger partial charge in [0, 0.05) is 23.9 Å². The summed E-state index contributed by atoms with van der Waals surface area (Å²) in [5.41, 5.74) is 1.45. The minimum absolute atomic E-state index is 0.163. The fraction of sp³-hybridized carbons (Fsp3) is 0.385. The average molecular weight is 261 g/mol. The van der Waals surface area contributed by atoms with Gasteiger partial charge in [-0.05, 0) is 19.0 Å². The van der Waals surface area contributed by atoms with E-state index in [9.17, 15) is 0 Å². The second-order valence-corrected chi connectivity index (χ2v) is 4.50. The number of nitrogens with zero attached hydrogens (tertiary/aromatic N) is 2. The molecule has 0 radical (unpaired) electrons. The lowest BCUT2D eigenvalue weighted by molar-refractivity contribution is 0.217. The summed E-state index contributed by atoms with van der Waals surface area (Å²) in [4.78, 5) is 4.13. The molecule has 1 unspecified atom stereocenters. The van der Waals surface area contributed by atoms with Crippen molar-refractivity contribution in [1.82, 2.24) is 15.5 Å². The van der Waals surface area contributed by atoms with Crippen LogP contribution in [0.1, 0.15) is 12.2 Å². The number of aliphatic hydroxyl groups excluding tert-OH is 1. The fourth-order valence-electron chi connectivity index (χ4n) is 1.85. The Balaban J connectivity index is 1.71. The summed E-state index contributed by atoms with van der Waals surface area (Å²) in [6.45, 7) is 1.55. The van der Waals surface area contributed by atoms with Crippen molar-refractivity contribution in [2.45, 2.75) is 19.1 Å². The Morgan fingerprint density at radius 2 is 2.32 bits per heavy atom. The highest BCUT2D eigenvalue weighted by Gasteiger charge is 2.16. The van der Waals surface area contributed by atoms with E-state index in [1.165, 1.54) is 0 Å². The summed E-state index contributed by atoms with van der Waals surface area (Å²) in [7, 11) is 0. The van der Waals surface area contributed by atoms with E-state index in [0.29, 0.717) is 29.9 Å². The zero-order valence-corrected chi connectivity index (χ0v) is 10.4. The van der Waals surface area contributed by atoms with E-state index in [1.54, 1.807) is 18.5 Å². The monoisotopic (exact) mass is 261 g/mol. The SMILES string of the molecule is OCc1cc(-c2cncc(OCC3CCN3)c2)no1. The van der Waals surface area contributed by atoms with Crippen molar-refractivity contribution >= 4 is 0 Å². The molecule has 0 bridgehead atoms. The standard InChI is InChI=1S/C13H15N3O3/c17-7-12-4-13(16-19-12)9-3-11(6-14-5-9)18-8-10-1-2-15-10/h3-6,10,15,17H,1-2,7-8H2. The van der Waals surface area contributed by atoms with Crippen molar-refractivity contribution in [2.24, 2.45) is 0 Å². The van der Waals surface area contributed by atoms with Gasteiger partial charge < -0.3 is 19.7 Å². The van der Waals surface area contributed by atoms with Gasteiger partial charge >= 0.3 is 0 Å². The third-order valence-electron chi connectivity index (χ3n) is 3.10. The Morgan fingerprint density at radius 1 is 1.42 bits per heavy atom. The molecule has 3 heterocycles. The van der Waals surface area contributed by atoms with Crippen molar-refractivity contribution in [3.05, 3.63) is 30.3 Å². The second kappa shape index (κ2) is 5.38. The lowest BCUT2D eigenvalue weighted by atomic mass is 10.1. The van der Waals surface area contributed by atoms with E-state index < -0.39 is 0 Å². The molecule has 1 saturated heterocycles. The number of pyridine rings is 1. The van der Waals surface area contributed by atoms with E-state index in [-0.39, 0.29) is 6.61 Å². The second-order valence-electron chi connectivity index (χ2n) is 4.50. The molecule has 0 saturated carbocycles. The van der Waals surface area contributed by atoms with E-state index in [1.807, 2.05) is 6.07 Å². The maximum absolute atomic E-state index is 8.95. The van der Waals surface area contributed by atoms with Crippen molar-refractivity contribution in [3.8, 4) is 17.0 Å². The average Bonchev–Trinajstić information content (AvgIpc) is 2.86. The van der Waals surface area contributed by atoms with Crippen LogP contribution in [0.2, 0.25) is 0 Å². The van der Waals surface area contributed by atoms with Crippen LogP contribution in [0, 0.1) is 0 Å². The van der Waals surface area contributed by atoms with Crippen molar-refractivity contribution < 1.29 is 14.4 Å². The normalized spacial score (nSPS) is 18.1. The molecule has 2 N–H and O–H groups in total. The highest BCUT2D eigenvalue weighted by Crippen LogP contribution is 2.22. The molecule has 0 spiro atoms. The van der Waals surface area contributed by atoms with Crippen LogP contribution >= 0.6 is 0 Å². The Labute approximate surface area is 110 Å². The zero-order chi connectivity index (χ0) is 13.1. The molecule has 1 aliphatic rings. The highest BCUT2D eigenvalue weighted by molar-refractivity contribution is 5.59. The fourth-order valence-corrected chi connectivity index (χ4v) is 1.85. The number of hydrogen-bond donors (Lipinski definition) is 2. The van der Waals surface area contributed by atoms with Gasteiger partial charge in [-0.1, -0.05) is 5.16 Å². The number of nitrogens with one attached hydrogen (secondary N) is 1. The molecule has 100 valence electrons. The van der Waals surface area contributed by atoms with E-state index in [4.69, 9.17) is 14.4 Å². The molecule has 1 aliphatic heterocycles. The molecule has 1 fully saturated rings. The summed E-state index contributed by atoms with van der Waals surface area (Å²) >= 11 is 0. The first kappa shape index (κ1) is 12.1.